The molecule has 0 spiro atoms. The first-order chi connectivity index (χ1) is 15.0. The van der Waals surface area contributed by atoms with E-state index < -0.39 is 0 Å². The van der Waals surface area contributed by atoms with Crippen molar-refractivity contribution in [3.05, 3.63) is 48.3 Å². The van der Waals surface area contributed by atoms with Crippen LogP contribution in [0.4, 0.5) is 0 Å². The minimum atomic E-state index is -0.387. The van der Waals surface area contributed by atoms with Crippen molar-refractivity contribution in [1.29, 1.82) is 0 Å². The molecule has 0 unspecified atom stereocenters. The van der Waals surface area contributed by atoms with Crippen molar-refractivity contribution in [2.24, 2.45) is 5.92 Å². The molecule has 0 saturated carbocycles. The van der Waals surface area contributed by atoms with Gasteiger partial charge in [-0.05, 0) is 44.0 Å². The minimum Gasteiger partial charge on any atom is -0.494 e. The molecule has 0 aliphatic rings. The van der Waals surface area contributed by atoms with Crippen molar-refractivity contribution in [2.75, 3.05) is 19.8 Å². The van der Waals surface area contributed by atoms with Gasteiger partial charge in [-0.25, -0.2) is 9.78 Å². The smallest absolute Gasteiger partial charge is 0.344 e. The second-order valence-corrected chi connectivity index (χ2v) is 7.47. The fourth-order valence-electron chi connectivity index (χ4n) is 3.23. The highest BCUT2D eigenvalue weighted by Gasteiger charge is 2.14. The normalized spacial score (nSPS) is 11.0. The summed E-state index contributed by atoms with van der Waals surface area (Å²) < 4.78 is 24.2. The van der Waals surface area contributed by atoms with Gasteiger partial charge in [-0.1, -0.05) is 19.9 Å². The molecule has 1 aromatic heterocycles. The lowest BCUT2D eigenvalue weighted by molar-refractivity contribution is -0.145. The zero-order chi connectivity index (χ0) is 22.2. The third-order valence-corrected chi connectivity index (χ3v) is 4.49. The molecule has 0 radical (unpaired) electrons. The van der Waals surface area contributed by atoms with Crippen LogP contribution in [-0.4, -0.2) is 35.3 Å². The van der Waals surface area contributed by atoms with Gasteiger partial charge in [-0.3, -0.25) is 0 Å². The maximum absolute atomic E-state index is 11.6. The average Bonchev–Trinajstić information content (AvgIpc) is 3.08. The molecule has 3 rings (SSSR count). The molecule has 31 heavy (non-hydrogen) atoms. The highest BCUT2D eigenvalue weighted by molar-refractivity contribution is 5.78. The SMILES string of the molecule is CCOC(=O)COc1ccc2nc(COc3cccc(OCC)c3)n(CC(C)C)c2c1. The Kier molecular flexibility index (Phi) is 7.76. The molecule has 7 heteroatoms. The lowest BCUT2D eigenvalue weighted by Gasteiger charge is -2.13. The van der Waals surface area contributed by atoms with Gasteiger partial charge in [-0.2, -0.15) is 0 Å². The average molecular weight is 427 g/mol. The number of imidazole rings is 1. The highest BCUT2D eigenvalue weighted by atomic mass is 16.6. The first-order valence-electron chi connectivity index (χ1n) is 10.6. The number of hydrogen-bond acceptors (Lipinski definition) is 6. The number of carbonyl (C=O) groups is 1. The molecule has 0 atom stereocenters. The predicted molar refractivity (Wildman–Crippen MR) is 119 cm³/mol. The van der Waals surface area contributed by atoms with E-state index >= 15 is 0 Å². The van der Waals surface area contributed by atoms with Gasteiger partial charge in [0.05, 0.1) is 24.2 Å². The minimum absolute atomic E-state index is 0.121. The van der Waals surface area contributed by atoms with Gasteiger partial charge in [-0.15, -0.1) is 0 Å². The van der Waals surface area contributed by atoms with Gasteiger partial charge in [0.1, 0.15) is 29.7 Å². The summed E-state index contributed by atoms with van der Waals surface area (Å²) in [5.41, 5.74) is 1.79. The quantitative estimate of drug-likeness (QED) is 0.417. The van der Waals surface area contributed by atoms with Crippen molar-refractivity contribution >= 4 is 17.0 Å². The summed E-state index contributed by atoms with van der Waals surface area (Å²) in [5.74, 6) is 2.96. The van der Waals surface area contributed by atoms with E-state index in [4.69, 9.17) is 23.9 Å². The number of rotatable bonds is 11. The first-order valence-corrected chi connectivity index (χ1v) is 10.6. The van der Waals surface area contributed by atoms with E-state index in [2.05, 4.69) is 18.4 Å². The van der Waals surface area contributed by atoms with E-state index in [-0.39, 0.29) is 12.6 Å². The third kappa shape index (κ3) is 6.13. The number of carbonyl (C=O) groups excluding carboxylic acids is 1. The Morgan fingerprint density at radius 3 is 2.42 bits per heavy atom. The zero-order valence-corrected chi connectivity index (χ0v) is 18.6. The van der Waals surface area contributed by atoms with Crippen LogP contribution in [0, 0.1) is 5.92 Å². The summed E-state index contributed by atoms with van der Waals surface area (Å²) in [6.07, 6.45) is 0. The van der Waals surface area contributed by atoms with Crippen LogP contribution in [0.5, 0.6) is 17.2 Å². The number of fused-ring (bicyclic) bond motifs is 1. The van der Waals surface area contributed by atoms with E-state index in [1.165, 1.54) is 0 Å². The van der Waals surface area contributed by atoms with Gasteiger partial charge in [0.25, 0.3) is 0 Å². The van der Waals surface area contributed by atoms with Gasteiger partial charge in [0, 0.05) is 18.7 Å². The molecule has 3 aromatic rings. The maximum Gasteiger partial charge on any atom is 0.344 e. The van der Waals surface area contributed by atoms with Crippen LogP contribution < -0.4 is 14.2 Å². The van der Waals surface area contributed by atoms with Crippen molar-refractivity contribution in [3.63, 3.8) is 0 Å². The highest BCUT2D eigenvalue weighted by Crippen LogP contribution is 2.25. The summed E-state index contributed by atoms with van der Waals surface area (Å²) >= 11 is 0. The van der Waals surface area contributed by atoms with Crippen LogP contribution in [0.3, 0.4) is 0 Å². The van der Waals surface area contributed by atoms with E-state index in [9.17, 15) is 4.79 Å². The number of esters is 1. The Balaban J connectivity index is 1.81. The molecule has 2 aromatic carbocycles. The molecule has 0 aliphatic carbocycles. The summed E-state index contributed by atoms with van der Waals surface area (Å²) in [5, 5.41) is 0. The second-order valence-electron chi connectivity index (χ2n) is 7.47. The molecule has 0 aliphatic heterocycles. The molecule has 7 nitrogen and oxygen atoms in total. The van der Waals surface area contributed by atoms with E-state index in [1.807, 2.05) is 49.4 Å². The molecule has 0 saturated heterocycles. The standard InChI is InChI=1S/C24H30N2O5/c1-5-28-18-8-7-9-19(12-18)30-15-23-25-21-11-10-20(31-16-24(27)29-6-2)13-22(21)26(23)14-17(3)4/h7-13,17H,5-6,14-16H2,1-4H3. The molecule has 0 amide bonds. The molecule has 166 valence electrons. The van der Waals surface area contributed by atoms with Crippen molar-refractivity contribution < 1.29 is 23.7 Å². The van der Waals surface area contributed by atoms with Crippen LogP contribution in [0.1, 0.15) is 33.5 Å². The molecular formula is C24H30N2O5. The number of nitrogens with zero attached hydrogens (tertiary/aromatic N) is 2. The van der Waals surface area contributed by atoms with E-state index in [0.29, 0.717) is 31.5 Å². The summed E-state index contributed by atoms with van der Waals surface area (Å²) in [6.45, 7) is 9.96. The Bertz CT molecular complexity index is 1010. The lowest BCUT2D eigenvalue weighted by Crippen LogP contribution is -2.14. The van der Waals surface area contributed by atoms with Crippen LogP contribution in [0.15, 0.2) is 42.5 Å². The molecule has 0 fully saturated rings. The molecular weight excluding hydrogens is 396 g/mol. The van der Waals surface area contributed by atoms with Crippen LogP contribution in [-0.2, 0) is 22.7 Å². The second kappa shape index (κ2) is 10.7. The van der Waals surface area contributed by atoms with E-state index in [0.717, 1.165) is 34.9 Å². The fraction of sp³-hybridized carbons (Fsp3) is 0.417. The Labute approximate surface area is 182 Å². The molecule has 0 N–H and O–H groups in total. The van der Waals surface area contributed by atoms with Crippen molar-refractivity contribution in [3.8, 4) is 17.2 Å². The molecule has 1 heterocycles. The van der Waals surface area contributed by atoms with Crippen LogP contribution >= 0.6 is 0 Å². The fourth-order valence-corrected chi connectivity index (χ4v) is 3.23. The monoisotopic (exact) mass is 426 g/mol. The number of benzene rings is 2. The van der Waals surface area contributed by atoms with Crippen LogP contribution in [0.25, 0.3) is 11.0 Å². The number of ether oxygens (including phenoxy) is 4. The lowest BCUT2D eigenvalue weighted by atomic mass is 10.2. The Morgan fingerprint density at radius 1 is 0.968 bits per heavy atom. The molecule has 0 bridgehead atoms. The number of hydrogen-bond donors (Lipinski definition) is 0. The van der Waals surface area contributed by atoms with Crippen LogP contribution in [0.2, 0.25) is 0 Å². The third-order valence-electron chi connectivity index (χ3n) is 4.49. The van der Waals surface area contributed by atoms with Gasteiger partial charge >= 0.3 is 5.97 Å². The van der Waals surface area contributed by atoms with Crippen molar-refractivity contribution in [1.82, 2.24) is 9.55 Å². The van der Waals surface area contributed by atoms with E-state index in [1.54, 1.807) is 6.92 Å². The largest absolute Gasteiger partial charge is 0.494 e. The first kappa shape index (κ1) is 22.5. The van der Waals surface area contributed by atoms with Gasteiger partial charge < -0.3 is 23.5 Å². The summed E-state index contributed by atoms with van der Waals surface area (Å²) in [7, 11) is 0. The maximum atomic E-state index is 11.6. The zero-order valence-electron chi connectivity index (χ0n) is 18.6. The number of aromatic nitrogens is 2. The summed E-state index contributed by atoms with van der Waals surface area (Å²) in [4.78, 5) is 16.4. The Morgan fingerprint density at radius 2 is 1.71 bits per heavy atom. The summed E-state index contributed by atoms with van der Waals surface area (Å²) in [6, 6.07) is 13.2. The predicted octanol–water partition coefficient (Wildman–Crippen LogP) is 4.61. The van der Waals surface area contributed by atoms with Crippen molar-refractivity contribution in [2.45, 2.75) is 40.8 Å². The Hall–Kier alpha value is -3.22. The van der Waals surface area contributed by atoms with Gasteiger partial charge in [0.2, 0.25) is 0 Å². The van der Waals surface area contributed by atoms with Gasteiger partial charge in [0.15, 0.2) is 6.61 Å². The topological polar surface area (TPSA) is 71.8 Å².